The van der Waals surface area contributed by atoms with E-state index in [1.165, 1.54) is 12.1 Å². The van der Waals surface area contributed by atoms with Crippen LogP contribution in [0.5, 0.6) is 0 Å². The number of carbonyl (C=O) groups excluding carboxylic acids is 1. The number of hydrogen-bond acceptors (Lipinski definition) is 4. The van der Waals surface area contributed by atoms with Crippen molar-refractivity contribution in [2.45, 2.75) is 13.1 Å². The smallest absolute Gasteiger partial charge is 0.434 e. The third kappa shape index (κ3) is 4.82. The van der Waals surface area contributed by atoms with E-state index in [4.69, 9.17) is 9.84 Å². The monoisotopic (exact) mass is 371 g/mol. The van der Waals surface area contributed by atoms with E-state index >= 15 is 0 Å². The minimum Gasteiger partial charge on any atom is -0.480 e. The predicted molar refractivity (Wildman–Crippen MR) is 84.1 cm³/mol. The minimum atomic E-state index is -4.80. The molecule has 140 valence electrons. The zero-order chi connectivity index (χ0) is 19.3. The van der Waals surface area contributed by atoms with Crippen molar-refractivity contribution < 1.29 is 32.6 Å². The molecule has 0 saturated carbocycles. The topological polar surface area (TPSA) is 93.5 Å². The summed E-state index contributed by atoms with van der Waals surface area (Å²) < 4.78 is 45.8. The molecule has 1 aromatic carbocycles. The van der Waals surface area contributed by atoms with Crippen LogP contribution in [0.15, 0.2) is 30.5 Å². The molecule has 0 atom stereocenters. The van der Waals surface area contributed by atoms with E-state index in [9.17, 15) is 22.8 Å². The molecular formula is C16H16F3N3O4. The zero-order valence-corrected chi connectivity index (χ0v) is 13.7. The number of ether oxygens (including phenoxy) is 1. The number of nitrogens with one attached hydrogen (secondary N) is 1. The van der Waals surface area contributed by atoms with Crippen LogP contribution in [0.1, 0.15) is 21.6 Å². The Hall–Kier alpha value is -2.88. The van der Waals surface area contributed by atoms with Gasteiger partial charge in [-0.1, -0.05) is 12.1 Å². The van der Waals surface area contributed by atoms with Gasteiger partial charge in [0, 0.05) is 6.54 Å². The molecule has 2 rings (SSSR count). The molecule has 0 saturated heterocycles. The van der Waals surface area contributed by atoms with Gasteiger partial charge >= 0.3 is 12.1 Å². The number of alkyl halides is 3. The summed E-state index contributed by atoms with van der Waals surface area (Å²) in [4.78, 5) is 22.4. The van der Waals surface area contributed by atoms with E-state index in [0.29, 0.717) is 4.68 Å². The van der Waals surface area contributed by atoms with Crippen molar-refractivity contribution in [1.29, 1.82) is 0 Å². The summed E-state index contributed by atoms with van der Waals surface area (Å²) in [5.41, 5.74) is -0.891. The summed E-state index contributed by atoms with van der Waals surface area (Å²) in [6.45, 7) is 0.879. The molecule has 7 nitrogen and oxygen atoms in total. The summed E-state index contributed by atoms with van der Waals surface area (Å²) in [6.07, 6.45) is -3.95. The van der Waals surface area contributed by atoms with E-state index in [1.807, 2.05) is 0 Å². The first kappa shape index (κ1) is 19.4. The van der Waals surface area contributed by atoms with Gasteiger partial charge in [0.1, 0.15) is 6.61 Å². The van der Waals surface area contributed by atoms with Gasteiger partial charge in [0.25, 0.3) is 5.91 Å². The van der Waals surface area contributed by atoms with Crippen LogP contribution in [-0.2, 0) is 15.7 Å². The molecule has 0 aliphatic heterocycles. The Morgan fingerprint density at radius 1 is 1.35 bits per heavy atom. The van der Waals surface area contributed by atoms with Gasteiger partial charge in [0.05, 0.1) is 24.1 Å². The lowest BCUT2D eigenvalue weighted by Crippen LogP contribution is -2.30. The molecule has 10 heteroatoms. The van der Waals surface area contributed by atoms with Crippen molar-refractivity contribution >= 4 is 11.9 Å². The molecule has 0 bridgehead atoms. The van der Waals surface area contributed by atoms with Gasteiger partial charge in [0.15, 0.2) is 5.69 Å². The number of aliphatic carboxylic acids is 1. The summed E-state index contributed by atoms with van der Waals surface area (Å²) in [6, 6.07) is 6.29. The third-order valence-electron chi connectivity index (χ3n) is 3.29. The summed E-state index contributed by atoms with van der Waals surface area (Å²) >= 11 is 0. The summed E-state index contributed by atoms with van der Waals surface area (Å²) in [5.74, 6) is -2.16. The Bertz CT molecular complexity index is 802. The molecule has 0 radical (unpaired) electrons. The van der Waals surface area contributed by atoms with Gasteiger partial charge in [0.2, 0.25) is 0 Å². The van der Waals surface area contributed by atoms with Crippen molar-refractivity contribution in [1.82, 2.24) is 15.1 Å². The molecule has 1 amide bonds. The number of hydrogen-bond donors (Lipinski definition) is 2. The van der Waals surface area contributed by atoms with Gasteiger partial charge in [-0.15, -0.1) is 0 Å². The maximum Gasteiger partial charge on any atom is 0.434 e. The van der Waals surface area contributed by atoms with Crippen LogP contribution in [0.3, 0.4) is 0 Å². The van der Waals surface area contributed by atoms with Crippen LogP contribution in [0.2, 0.25) is 0 Å². The van der Waals surface area contributed by atoms with Crippen LogP contribution in [0.25, 0.3) is 5.69 Å². The Morgan fingerprint density at radius 2 is 2.08 bits per heavy atom. The average molecular weight is 371 g/mol. The Kier molecular flexibility index (Phi) is 5.98. The van der Waals surface area contributed by atoms with E-state index in [0.717, 1.165) is 11.8 Å². The van der Waals surface area contributed by atoms with Gasteiger partial charge in [-0.05, 0) is 24.6 Å². The number of aryl methyl sites for hydroxylation is 1. The first-order valence-electron chi connectivity index (χ1n) is 7.50. The molecule has 1 heterocycles. The lowest BCUT2D eigenvalue weighted by atomic mass is 10.2. The second-order valence-electron chi connectivity index (χ2n) is 5.36. The van der Waals surface area contributed by atoms with E-state index in [-0.39, 0.29) is 18.8 Å². The molecule has 0 aliphatic rings. The fraction of sp³-hybridized carbons (Fsp3) is 0.312. The van der Waals surface area contributed by atoms with Gasteiger partial charge in [-0.25, -0.2) is 9.48 Å². The van der Waals surface area contributed by atoms with E-state index in [2.05, 4.69) is 10.4 Å². The van der Waals surface area contributed by atoms with Crippen molar-refractivity contribution in [2.24, 2.45) is 0 Å². The van der Waals surface area contributed by atoms with Crippen LogP contribution in [-0.4, -0.2) is 46.5 Å². The standard InChI is InChI=1S/C16H16F3N3O4/c1-10-3-2-4-11(7-10)22-14(16(17,18)19)12(8-21-22)15(25)20-5-6-26-9-13(23)24/h2-4,7-8H,5-6,9H2,1H3,(H,20,25)(H,23,24). The molecule has 2 aromatic rings. The SMILES string of the molecule is Cc1cccc(-n2ncc(C(=O)NCCOCC(=O)O)c2C(F)(F)F)c1. The van der Waals surface area contributed by atoms with Crippen LogP contribution >= 0.6 is 0 Å². The average Bonchev–Trinajstić information content (AvgIpc) is 2.99. The third-order valence-corrected chi connectivity index (χ3v) is 3.29. The summed E-state index contributed by atoms with van der Waals surface area (Å²) in [5, 5.41) is 14.4. The zero-order valence-electron chi connectivity index (χ0n) is 13.7. The lowest BCUT2D eigenvalue weighted by molar-refractivity contribution is -0.143. The molecule has 0 unspecified atom stereocenters. The molecule has 2 N–H and O–H groups in total. The first-order valence-corrected chi connectivity index (χ1v) is 7.50. The molecule has 1 aromatic heterocycles. The van der Waals surface area contributed by atoms with Crippen molar-refractivity contribution in [2.75, 3.05) is 19.8 Å². The molecule has 0 fully saturated rings. The predicted octanol–water partition coefficient (Wildman–Crippen LogP) is 2.03. The fourth-order valence-corrected chi connectivity index (χ4v) is 2.23. The minimum absolute atomic E-state index is 0.140. The number of carboxylic acids is 1. The number of aromatic nitrogens is 2. The number of carboxylic acid groups (broad SMARTS) is 1. The highest BCUT2D eigenvalue weighted by atomic mass is 19.4. The van der Waals surface area contributed by atoms with E-state index in [1.54, 1.807) is 19.1 Å². The Balaban J connectivity index is 2.21. The van der Waals surface area contributed by atoms with Crippen LogP contribution in [0, 0.1) is 6.92 Å². The first-order chi connectivity index (χ1) is 12.2. The van der Waals surface area contributed by atoms with Gasteiger partial charge in [-0.3, -0.25) is 4.79 Å². The number of carbonyl (C=O) groups is 2. The highest BCUT2D eigenvalue weighted by Gasteiger charge is 2.40. The highest BCUT2D eigenvalue weighted by Crippen LogP contribution is 2.33. The largest absolute Gasteiger partial charge is 0.480 e. The van der Waals surface area contributed by atoms with Crippen molar-refractivity contribution in [3.8, 4) is 5.69 Å². The number of amides is 1. The van der Waals surface area contributed by atoms with E-state index < -0.39 is 35.9 Å². The van der Waals surface area contributed by atoms with Gasteiger partial charge in [-0.2, -0.15) is 18.3 Å². The summed E-state index contributed by atoms with van der Waals surface area (Å²) in [7, 11) is 0. The molecular weight excluding hydrogens is 355 g/mol. The van der Waals surface area contributed by atoms with Crippen LogP contribution < -0.4 is 5.32 Å². The second kappa shape index (κ2) is 8.00. The normalized spacial score (nSPS) is 11.4. The van der Waals surface area contributed by atoms with Crippen molar-refractivity contribution in [3.05, 3.63) is 47.3 Å². The number of rotatable bonds is 7. The quantitative estimate of drug-likeness (QED) is 0.727. The van der Waals surface area contributed by atoms with Crippen LogP contribution in [0.4, 0.5) is 13.2 Å². The number of halogens is 3. The highest BCUT2D eigenvalue weighted by molar-refractivity contribution is 5.95. The second-order valence-corrected chi connectivity index (χ2v) is 5.36. The number of benzene rings is 1. The van der Waals surface area contributed by atoms with Gasteiger partial charge < -0.3 is 15.2 Å². The fourth-order valence-electron chi connectivity index (χ4n) is 2.23. The maximum atomic E-state index is 13.5. The Labute approximate surface area is 146 Å². The lowest BCUT2D eigenvalue weighted by Gasteiger charge is -2.13. The Morgan fingerprint density at radius 3 is 2.69 bits per heavy atom. The maximum absolute atomic E-state index is 13.5. The molecule has 26 heavy (non-hydrogen) atoms. The molecule has 0 aliphatic carbocycles. The van der Waals surface area contributed by atoms with Crippen molar-refractivity contribution in [3.63, 3.8) is 0 Å². The molecule has 0 spiro atoms. The number of nitrogens with zero attached hydrogens (tertiary/aromatic N) is 2.